The van der Waals surface area contributed by atoms with Crippen molar-refractivity contribution in [1.29, 1.82) is 0 Å². The monoisotopic (exact) mass is 259 g/mol. The maximum absolute atomic E-state index is 11.9. The SMILES string of the molecule is COc1ccc(NC(=O)c2cccnn2)c(OC)c1. The Balaban J connectivity index is 2.21. The normalized spacial score (nSPS) is 9.79. The third kappa shape index (κ3) is 2.98. The highest BCUT2D eigenvalue weighted by atomic mass is 16.5. The van der Waals surface area contributed by atoms with Crippen LogP contribution in [0.5, 0.6) is 11.5 Å². The van der Waals surface area contributed by atoms with Gasteiger partial charge >= 0.3 is 0 Å². The van der Waals surface area contributed by atoms with Gasteiger partial charge in [0.1, 0.15) is 11.5 Å². The summed E-state index contributed by atoms with van der Waals surface area (Å²) in [6, 6.07) is 8.35. The standard InChI is InChI=1S/C13H13N3O3/c1-18-9-5-6-10(12(8-9)19-2)15-13(17)11-4-3-7-14-16-11/h3-8H,1-2H3,(H,15,17). The minimum atomic E-state index is -0.350. The maximum atomic E-state index is 11.9. The maximum Gasteiger partial charge on any atom is 0.276 e. The molecule has 0 saturated carbocycles. The molecule has 2 aromatic rings. The number of ether oxygens (including phenoxy) is 2. The molecule has 1 amide bonds. The van der Waals surface area contributed by atoms with Crippen molar-refractivity contribution in [3.05, 3.63) is 42.2 Å². The Bertz CT molecular complexity index is 573. The predicted octanol–water partition coefficient (Wildman–Crippen LogP) is 1.75. The van der Waals surface area contributed by atoms with Gasteiger partial charge in [0.2, 0.25) is 0 Å². The molecule has 6 nitrogen and oxygen atoms in total. The van der Waals surface area contributed by atoms with Crippen LogP contribution in [0.1, 0.15) is 10.5 Å². The van der Waals surface area contributed by atoms with Crippen LogP contribution < -0.4 is 14.8 Å². The second-order valence-corrected chi connectivity index (χ2v) is 3.63. The minimum absolute atomic E-state index is 0.236. The summed E-state index contributed by atoms with van der Waals surface area (Å²) < 4.78 is 10.3. The molecule has 0 aliphatic rings. The molecule has 1 N–H and O–H groups in total. The summed E-state index contributed by atoms with van der Waals surface area (Å²) in [5.41, 5.74) is 0.777. The number of benzene rings is 1. The molecule has 0 atom stereocenters. The molecule has 0 fully saturated rings. The molecule has 0 saturated heterocycles. The van der Waals surface area contributed by atoms with Gasteiger partial charge in [0.15, 0.2) is 5.69 Å². The van der Waals surface area contributed by atoms with E-state index >= 15 is 0 Å². The predicted molar refractivity (Wildman–Crippen MR) is 69.5 cm³/mol. The molecule has 0 aliphatic carbocycles. The van der Waals surface area contributed by atoms with Gasteiger partial charge in [0, 0.05) is 12.3 Å². The van der Waals surface area contributed by atoms with Crippen molar-refractivity contribution in [3.8, 4) is 11.5 Å². The van der Waals surface area contributed by atoms with Gasteiger partial charge in [-0.25, -0.2) is 0 Å². The van der Waals surface area contributed by atoms with E-state index in [0.717, 1.165) is 0 Å². The Morgan fingerprint density at radius 3 is 2.68 bits per heavy atom. The molecule has 0 radical (unpaired) electrons. The summed E-state index contributed by atoms with van der Waals surface area (Å²) in [7, 11) is 3.08. The number of nitrogens with zero attached hydrogens (tertiary/aromatic N) is 2. The van der Waals surface area contributed by atoms with E-state index in [2.05, 4.69) is 15.5 Å². The Labute approximate surface area is 110 Å². The Kier molecular flexibility index (Phi) is 3.92. The minimum Gasteiger partial charge on any atom is -0.497 e. The number of rotatable bonds is 4. The van der Waals surface area contributed by atoms with E-state index in [1.807, 2.05) is 0 Å². The number of hydrogen-bond donors (Lipinski definition) is 1. The number of amides is 1. The van der Waals surface area contributed by atoms with Crippen molar-refractivity contribution in [2.45, 2.75) is 0 Å². The Morgan fingerprint density at radius 2 is 2.05 bits per heavy atom. The van der Waals surface area contributed by atoms with Gasteiger partial charge in [-0.1, -0.05) is 0 Å². The lowest BCUT2D eigenvalue weighted by Gasteiger charge is -2.11. The molecule has 0 unspecified atom stereocenters. The molecule has 1 aromatic carbocycles. The van der Waals surface area contributed by atoms with Crippen LogP contribution in [0.25, 0.3) is 0 Å². The number of aromatic nitrogens is 2. The van der Waals surface area contributed by atoms with Crippen molar-refractivity contribution in [1.82, 2.24) is 10.2 Å². The molecule has 98 valence electrons. The second kappa shape index (κ2) is 5.81. The number of nitrogens with one attached hydrogen (secondary N) is 1. The summed E-state index contributed by atoms with van der Waals surface area (Å²) in [6.45, 7) is 0. The molecule has 2 rings (SSSR count). The van der Waals surface area contributed by atoms with Gasteiger partial charge in [-0.3, -0.25) is 4.79 Å². The van der Waals surface area contributed by atoms with E-state index < -0.39 is 0 Å². The van der Waals surface area contributed by atoms with Gasteiger partial charge in [0.25, 0.3) is 5.91 Å². The smallest absolute Gasteiger partial charge is 0.276 e. The topological polar surface area (TPSA) is 73.3 Å². The summed E-state index contributed by atoms with van der Waals surface area (Å²) in [5.74, 6) is 0.808. The van der Waals surface area contributed by atoms with Crippen LogP contribution in [0, 0.1) is 0 Å². The first-order valence-electron chi connectivity index (χ1n) is 5.55. The van der Waals surface area contributed by atoms with Crippen molar-refractivity contribution in [3.63, 3.8) is 0 Å². The largest absolute Gasteiger partial charge is 0.497 e. The van der Waals surface area contributed by atoms with Crippen LogP contribution in [0.2, 0.25) is 0 Å². The summed E-state index contributed by atoms with van der Waals surface area (Å²) in [5, 5.41) is 10.1. The Morgan fingerprint density at radius 1 is 1.21 bits per heavy atom. The Hall–Kier alpha value is -2.63. The number of anilines is 1. The van der Waals surface area contributed by atoms with Crippen molar-refractivity contribution >= 4 is 11.6 Å². The van der Waals surface area contributed by atoms with E-state index in [1.54, 1.807) is 37.4 Å². The van der Waals surface area contributed by atoms with E-state index in [4.69, 9.17) is 9.47 Å². The fraction of sp³-hybridized carbons (Fsp3) is 0.154. The number of carbonyl (C=O) groups excluding carboxylic acids is 1. The molecule has 0 aliphatic heterocycles. The van der Waals surface area contributed by atoms with Crippen LogP contribution in [0.4, 0.5) is 5.69 Å². The fourth-order valence-electron chi connectivity index (χ4n) is 1.51. The van der Waals surface area contributed by atoms with E-state index in [-0.39, 0.29) is 11.6 Å². The zero-order chi connectivity index (χ0) is 13.7. The highest BCUT2D eigenvalue weighted by Gasteiger charge is 2.11. The molecule has 0 bridgehead atoms. The van der Waals surface area contributed by atoms with Crippen molar-refractivity contribution < 1.29 is 14.3 Å². The first kappa shape index (κ1) is 12.8. The van der Waals surface area contributed by atoms with E-state index in [9.17, 15) is 4.79 Å². The highest BCUT2D eigenvalue weighted by Crippen LogP contribution is 2.29. The molecule has 0 spiro atoms. The number of methoxy groups -OCH3 is 2. The van der Waals surface area contributed by atoms with Gasteiger partial charge in [-0.2, -0.15) is 5.10 Å². The van der Waals surface area contributed by atoms with Crippen LogP contribution >= 0.6 is 0 Å². The third-order valence-electron chi connectivity index (χ3n) is 2.46. The molecule has 19 heavy (non-hydrogen) atoms. The van der Waals surface area contributed by atoms with Crippen LogP contribution in [-0.2, 0) is 0 Å². The number of carbonyl (C=O) groups is 1. The zero-order valence-electron chi connectivity index (χ0n) is 10.6. The molecular formula is C13H13N3O3. The van der Waals surface area contributed by atoms with Gasteiger partial charge in [-0.05, 0) is 24.3 Å². The first-order valence-corrected chi connectivity index (χ1v) is 5.55. The molecule has 1 aromatic heterocycles. The lowest BCUT2D eigenvalue weighted by Crippen LogP contribution is -2.14. The average Bonchev–Trinajstić information content (AvgIpc) is 2.48. The first-order chi connectivity index (χ1) is 9.24. The fourth-order valence-corrected chi connectivity index (χ4v) is 1.51. The molecule has 6 heteroatoms. The van der Waals surface area contributed by atoms with E-state index in [0.29, 0.717) is 17.2 Å². The second-order valence-electron chi connectivity index (χ2n) is 3.63. The zero-order valence-corrected chi connectivity index (χ0v) is 10.6. The molecular weight excluding hydrogens is 246 g/mol. The highest BCUT2D eigenvalue weighted by molar-refractivity contribution is 6.03. The van der Waals surface area contributed by atoms with Gasteiger partial charge in [-0.15, -0.1) is 5.10 Å². The van der Waals surface area contributed by atoms with Gasteiger partial charge in [0.05, 0.1) is 19.9 Å². The lowest BCUT2D eigenvalue weighted by atomic mass is 10.2. The molecule has 1 heterocycles. The van der Waals surface area contributed by atoms with Crippen LogP contribution in [0.3, 0.4) is 0 Å². The summed E-state index contributed by atoms with van der Waals surface area (Å²) >= 11 is 0. The summed E-state index contributed by atoms with van der Waals surface area (Å²) in [4.78, 5) is 11.9. The quantitative estimate of drug-likeness (QED) is 0.905. The lowest BCUT2D eigenvalue weighted by molar-refractivity contribution is 0.102. The third-order valence-corrected chi connectivity index (χ3v) is 2.46. The van der Waals surface area contributed by atoms with Gasteiger partial charge < -0.3 is 14.8 Å². The average molecular weight is 259 g/mol. The van der Waals surface area contributed by atoms with Crippen LogP contribution in [-0.4, -0.2) is 30.3 Å². The number of hydrogen-bond acceptors (Lipinski definition) is 5. The van der Waals surface area contributed by atoms with Crippen molar-refractivity contribution in [2.75, 3.05) is 19.5 Å². The summed E-state index contributed by atoms with van der Waals surface area (Å²) in [6.07, 6.45) is 1.50. The van der Waals surface area contributed by atoms with E-state index in [1.165, 1.54) is 13.3 Å². The van der Waals surface area contributed by atoms with Crippen LogP contribution in [0.15, 0.2) is 36.5 Å². The van der Waals surface area contributed by atoms with Crippen molar-refractivity contribution in [2.24, 2.45) is 0 Å².